The number of benzene rings is 1. The van der Waals surface area contributed by atoms with Gasteiger partial charge in [-0.05, 0) is 24.3 Å². The van der Waals surface area contributed by atoms with Gasteiger partial charge in [-0.3, -0.25) is 4.79 Å². The van der Waals surface area contributed by atoms with Gasteiger partial charge in [0, 0.05) is 24.8 Å². The molecule has 0 aliphatic carbocycles. The van der Waals surface area contributed by atoms with Crippen molar-refractivity contribution in [1.29, 1.82) is 0 Å². The zero-order valence-electron chi connectivity index (χ0n) is 17.8. The maximum absolute atomic E-state index is 13.5. The van der Waals surface area contributed by atoms with Gasteiger partial charge in [0.05, 0.1) is 36.2 Å². The number of morpholine rings is 1. The molecule has 1 aliphatic rings. The number of rotatable bonds is 4. The zero-order valence-corrected chi connectivity index (χ0v) is 17.8. The molecule has 1 saturated heterocycles. The highest BCUT2D eigenvalue weighted by atomic mass is 19.4. The van der Waals surface area contributed by atoms with Crippen LogP contribution in [-0.4, -0.2) is 51.8 Å². The average molecular weight is 468 g/mol. The summed E-state index contributed by atoms with van der Waals surface area (Å²) in [5, 5.41) is 6.85. The molecular formula is C23H19F3N6O2. The van der Waals surface area contributed by atoms with Crippen molar-refractivity contribution in [3.63, 3.8) is 0 Å². The van der Waals surface area contributed by atoms with Gasteiger partial charge in [0.1, 0.15) is 11.6 Å². The molecule has 0 spiro atoms. The largest absolute Gasteiger partial charge is 0.417 e. The first-order chi connectivity index (χ1) is 16.4. The van der Waals surface area contributed by atoms with Crippen molar-refractivity contribution >= 4 is 23.2 Å². The van der Waals surface area contributed by atoms with Gasteiger partial charge in [-0.1, -0.05) is 24.3 Å². The van der Waals surface area contributed by atoms with E-state index >= 15 is 0 Å². The number of hydrogen-bond donors (Lipinski definition) is 1. The van der Waals surface area contributed by atoms with Gasteiger partial charge in [0.15, 0.2) is 5.65 Å². The van der Waals surface area contributed by atoms with Gasteiger partial charge < -0.3 is 15.0 Å². The molecule has 0 atom stereocenters. The summed E-state index contributed by atoms with van der Waals surface area (Å²) in [6.07, 6.45) is -1.79. The van der Waals surface area contributed by atoms with Crippen LogP contribution < -0.4 is 10.2 Å². The fraction of sp³-hybridized carbons (Fsp3) is 0.217. The van der Waals surface area contributed by atoms with Gasteiger partial charge in [0.2, 0.25) is 0 Å². The lowest BCUT2D eigenvalue weighted by Crippen LogP contribution is -2.36. The Morgan fingerprint density at radius 2 is 1.79 bits per heavy atom. The second kappa shape index (κ2) is 8.75. The number of hydrogen-bond acceptors (Lipinski definition) is 6. The number of carbonyl (C=O) groups is 1. The number of halogens is 3. The van der Waals surface area contributed by atoms with Crippen LogP contribution >= 0.6 is 0 Å². The quantitative estimate of drug-likeness (QED) is 0.489. The molecule has 11 heteroatoms. The molecular weight excluding hydrogens is 449 g/mol. The fourth-order valence-corrected chi connectivity index (χ4v) is 3.80. The van der Waals surface area contributed by atoms with Crippen molar-refractivity contribution in [3.05, 3.63) is 72.1 Å². The van der Waals surface area contributed by atoms with E-state index in [4.69, 9.17) is 4.74 Å². The maximum Gasteiger partial charge on any atom is 0.417 e. The maximum atomic E-state index is 13.5. The van der Waals surface area contributed by atoms with Crippen molar-refractivity contribution in [1.82, 2.24) is 19.6 Å². The van der Waals surface area contributed by atoms with E-state index in [1.165, 1.54) is 41.2 Å². The minimum Gasteiger partial charge on any atom is -0.378 e. The van der Waals surface area contributed by atoms with Gasteiger partial charge >= 0.3 is 6.18 Å². The van der Waals surface area contributed by atoms with E-state index in [1.54, 1.807) is 12.1 Å². The first kappa shape index (κ1) is 21.8. The number of alkyl halides is 3. The number of nitrogens with one attached hydrogen (secondary N) is 1. The van der Waals surface area contributed by atoms with E-state index in [0.717, 1.165) is 6.07 Å². The molecule has 1 amide bonds. The molecule has 1 N–H and O–H groups in total. The second-order valence-corrected chi connectivity index (χ2v) is 7.62. The number of carbonyl (C=O) groups excluding carboxylic acids is 1. The predicted molar refractivity (Wildman–Crippen MR) is 119 cm³/mol. The van der Waals surface area contributed by atoms with Gasteiger partial charge in [-0.15, -0.1) is 0 Å². The van der Waals surface area contributed by atoms with Crippen LogP contribution in [0.15, 0.2) is 60.9 Å². The third-order valence-corrected chi connectivity index (χ3v) is 5.43. The highest BCUT2D eigenvalue weighted by Crippen LogP contribution is 2.36. The Balaban J connectivity index is 1.45. The molecule has 0 radical (unpaired) electrons. The van der Waals surface area contributed by atoms with Crippen molar-refractivity contribution in [3.8, 4) is 11.3 Å². The van der Waals surface area contributed by atoms with E-state index in [9.17, 15) is 18.0 Å². The van der Waals surface area contributed by atoms with Crippen LogP contribution in [0.3, 0.4) is 0 Å². The lowest BCUT2D eigenvalue weighted by Gasteiger charge is -2.28. The van der Waals surface area contributed by atoms with Gasteiger partial charge in [-0.2, -0.15) is 18.3 Å². The summed E-state index contributed by atoms with van der Waals surface area (Å²) in [6.45, 7) is 2.61. The summed E-state index contributed by atoms with van der Waals surface area (Å²) < 4.78 is 47.1. The highest BCUT2D eigenvalue weighted by Gasteiger charge is 2.34. The highest BCUT2D eigenvalue weighted by molar-refractivity contribution is 6.08. The summed E-state index contributed by atoms with van der Waals surface area (Å²) in [5.41, 5.74) is -0.547. The van der Waals surface area contributed by atoms with Crippen molar-refractivity contribution in [2.24, 2.45) is 0 Å². The minimum absolute atomic E-state index is 0.0631. The molecule has 0 saturated carbocycles. The average Bonchev–Trinajstić information content (AvgIpc) is 3.29. The number of nitrogens with zero attached hydrogens (tertiary/aromatic N) is 5. The Morgan fingerprint density at radius 3 is 2.59 bits per heavy atom. The molecule has 4 heterocycles. The summed E-state index contributed by atoms with van der Waals surface area (Å²) in [5.74, 6) is 0.561. The van der Waals surface area contributed by atoms with E-state index in [-0.39, 0.29) is 22.5 Å². The van der Waals surface area contributed by atoms with Gasteiger partial charge in [-0.25, -0.2) is 14.5 Å². The van der Waals surface area contributed by atoms with Crippen LogP contribution in [0.25, 0.3) is 16.9 Å². The third kappa shape index (κ3) is 4.29. The number of amides is 1. The molecule has 174 valence electrons. The second-order valence-electron chi connectivity index (χ2n) is 7.62. The molecule has 1 fully saturated rings. The Kier molecular flexibility index (Phi) is 5.62. The summed E-state index contributed by atoms with van der Waals surface area (Å²) >= 11 is 0. The van der Waals surface area contributed by atoms with Gasteiger partial charge in [0.25, 0.3) is 5.91 Å². The zero-order chi connectivity index (χ0) is 23.7. The van der Waals surface area contributed by atoms with Crippen LogP contribution in [0.4, 0.5) is 24.8 Å². The Morgan fingerprint density at radius 1 is 1.00 bits per heavy atom. The van der Waals surface area contributed by atoms with Crippen molar-refractivity contribution < 1.29 is 22.7 Å². The molecule has 0 unspecified atom stereocenters. The van der Waals surface area contributed by atoms with E-state index in [2.05, 4.69) is 25.3 Å². The Hall–Kier alpha value is -3.99. The van der Waals surface area contributed by atoms with Crippen LogP contribution in [-0.2, 0) is 10.9 Å². The van der Waals surface area contributed by atoms with Crippen LogP contribution in [0, 0.1) is 0 Å². The molecule has 1 aromatic carbocycles. The van der Waals surface area contributed by atoms with E-state index < -0.39 is 17.6 Å². The molecule has 34 heavy (non-hydrogen) atoms. The molecule has 5 rings (SSSR count). The van der Waals surface area contributed by atoms with Crippen molar-refractivity contribution in [2.45, 2.75) is 6.18 Å². The smallest absolute Gasteiger partial charge is 0.378 e. The predicted octanol–water partition coefficient (Wildman–Crippen LogP) is 3.90. The number of pyridine rings is 1. The number of anilines is 2. The van der Waals surface area contributed by atoms with Crippen LogP contribution in [0.2, 0.25) is 0 Å². The summed E-state index contributed by atoms with van der Waals surface area (Å²) in [6, 6.07) is 11.9. The molecule has 3 aromatic heterocycles. The first-order valence-corrected chi connectivity index (χ1v) is 10.5. The number of aromatic nitrogens is 4. The first-order valence-electron chi connectivity index (χ1n) is 10.5. The lowest BCUT2D eigenvalue weighted by atomic mass is 10.1. The molecule has 1 aliphatic heterocycles. The van der Waals surface area contributed by atoms with Crippen LogP contribution in [0.5, 0.6) is 0 Å². The SMILES string of the molecule is O=C(Nc1cccc(N2CCOCC2)n1)c1ccnn2cc(-c3ccccc3C(F)(F)F)nc12. The van der Waals surface area contributed by atoms with E-state index in [1.807, 2.05) is 6.07 Å². The normalized spacial score (nSPS) is 14.4. The summed E-state index contributed by atoms with van der Waals surface area (Å²) in [7, 11) is 0. The molecule has 4 aromatic rings. The standard InChI is InChI=1S/C23H19F3N6O2/c24-23(25,26)17-5-2-1-4-15(17)18-14-32-21(28-18)16(8-9-27-32)22(33)30-19-6-3-7-20(29-19)31-10-12-34-13-11-31/h1-9,14H,10-13H2,(H,29,30,33). The fourth-order valence-electron chi connectivity index (χ4n) is 3.80. The Labute approximate surface area is 192 Å². The molecule has 8 nitrogen and oxygen atoms in total. The minimum atomic E-state index is -4.54. The molecule has 0 bridgehead atoms. The lowest BCUT2D eigenvalue weighted by molar-refractivity contribution is -0.137. The topological polar surface area (TPSA) is 84.7 Å². The van der Waals surface area contributed by atoms with Crippen LogP contribution in [0.1, 0.15) is 15.9 Å². The number of fused-ring (bicyclic) bond motifs is 1. The Bertz CT molecular complexity index is 1350. The monoisotopic (exact) mass is 468 g/mol. The van der Waals surface area contributed by atoms with Crippen molar-refractivity contribution in [2.75, 3.05) is 36.5 Å². The number of ether oxygens (including phenoxy) is 1. The summed E-state index contributed by atoms with van der Waals surface area (Å²) in [4.78, 5) is 23.9. The number of imidazole rings is 1. The van der Waals surface area contributed by atoms with E-state index in [0.29, 0.717) is 37.9 Å². The third-order valence-electron chi connectivity index (χ3n) is 5.43.